The van der Waals surface area contributed by atoms with Crippen molar-refractivity contribution in [2.75, 3.05) is 12.4 Å². The zero-order valence-corrected chi connectivity index (χ0v) is 13.9. The second kappa shape index (κ2) is 7.95. The highest BCUT2D eigenvalue weighted by Crippen LogP contribution is 2.48. The van der Waals surface area contributed by atoms with Crippen LogP contribution in [0.1, 0.15) is 0 Å². The van der Waals surface area contributed by atoms with Gasteiger partial charge >= 0.3 is 18.8 Å². The highest BCUT2D eigenvalue weighted by Gasteiger charge is 2.39. The van der Waals surface area contributed by atoms with Crippen molar-refractivity contribution in [2.24, 2.45) is 10.7 Å². The van der Waals surface area contributed by atoms with Crippen molar-refractivity contribution >= 4 is 40.9 Å². The van der Waals surface area contributed by atoms with E-state index in [4.69, 9.17) is 28.9 Å². The minimum Gasteiger partial charge on any atom is -0.402 e. The maximum Gasteiger partial charge on any atom is 0.573 e. The van der Waals surface area contributed by atoms with Crippen LogP contribution in [-0.4, -0.2) is 31.8 Å². The molecule has 0 bridgehead atoms. The van der Waals surface area contributed by atoms with Crippen molar-refractivity contribution in [3.05, 3.63) is 16.1 Å². The molecule has 0 fully saturated rings. The Morgan fingerprint density at radius 2 is 1.69 bits per heavy atom. The first-order valence-electron chi connectivity index (χ1n) is 6.07. The number of alkyl halides is 6. The summed E-state index contributed by atoms with van der Waals surface area (Å²) in [4.78, 5) is 15.0. The number of halogens is 8. The van der Waals surface area contributed by atoms with Gasteiger partial charge in [0.05, 0.1) is 10.7 Å². The summed E-state index contributed by atoms with van der Waals surface area (Å²) in [5, 5.41) is 2.06. The van der Waals surface area contributed by atoms with Crippen LogP contribution in [0.2, 0.25) is 10.0 Å². The molecule has 1 aromatic carbocycles. The summed E-state index contributed by atoms with van der Waals surface area (Å²) in [6.07, 6.45) is -10.8. The molecule has 1 aromatic rings. The van der Waals surface area contributed by atoms with Gasteiger partial charge in [0.1, 0.15) is 5.02 Å². The molecule has 0 aliphatic heterocycles. The van der Waals surface area contributed by atoms with Gasteiger partial charge in [0.2, 0.25) is 0 Å². The lowest BCUT2D eigenvalue weighted by atomic mass is 10.2. The smallest absolute Gasteiger partial charge is 0.402 e. The average molecular weight is 429 g/mol. The van der Waals surface area contributed by atoms with Crippen LogP contribution in [0, 0.1) is 0 Å². The second-order valence-electron chi connectivity index (χ2n) is 4.16. The molecule has 0 atom stereocenters. The molecule has 4 N–H and O–H groups in total. The van der Waals surface area contributed by atoms with Crippen LogP contribution in [0.5, 0.6) is 11.5 Å². The maximum atomic E-state index is 12.5. The topological polar surface area (TPSA) is 98.0 Å². The third-order valence-corrected chi connectivity index (χ3v) is 2.96. The maximum absolute atomic E-state index is 12.5. The van der Waals surface area contributed by atoms with Crippen LogP contribution in [0.25, 0.3) is 0 Å². The molecule has 15 heteroatoms. The normalized spacial score (nSPS) is 12.6. The number of hydrogen-bond acceptors (Lipinski definition) is 4. The number of guanidine groups is 1. The summed E-state index contributed by atoms with van der Waals surface area (Å²) in [5.74, 6) is -3.41. The largest absolute Gasteiger partial charge is 0.573 e. The van der Waals surface area contributed by atoms with Crippen LogP contribution >= 0.6 is 23.2 Å². The highest BCUT2D eigenvalue weighted by molar-refractivity contribution is 6.41. The molecule has 0 saturated carbocycles. The van der Waals surface area contributed by atoms with E-state index < -0.39 is 46.0 Å². The van der Waals surface area contributed by atoms with Crippen LogP contribution in [-0.2, 0) is 0 Å². The molecule has 0 spiro atoms. The molecule has 7 nitrogen and oxygen atoms in total. The van der Waals surface area contributed by atoms with E-state index in [1.807, 2.05) is 10.6 Å². The number of carbonyl (C=O) groups is 1. The van der Waals surface area contributed by atoms with Gasteiger partial charge in [-0.1, -0.05) is 23.2 Å². The fourth-order valence-corrected chi connectivity index (χ4v) is 1.99. The SMILES string of the molecule is CN=C(N)NC(=O)Nc1c(Cl)cc(OC(F)(F)F)c(OC(F)(F)F)c1Cl. The number of carbonyl (C=O) groups excluding carboxylic acids is 1. The molecule has 0 aliphatic rings. The van der Waals surface area contributed by atoms with Crippen molar-refractivity contribution in [3.63, 3.8) is 0 Å². The third-order valence-electron chi connectivity index (χ3n) is 2.30. The van der Waals surface area contributed by atoms with Crippen LogP contribution in [0.4, 0.5) is 36.8 Å². The predicted octanol–water partition coefficient (Wildman–Crippen LogP) is 3.86. The fourth-order valence-electron chi connectivity index (χ4n) is 1.42. The van der Waals surface area contributed by atoms with Gasteiger partial charge in [-0.25, -0.2) is 4.79 Å². The lowest BCUT2D eigenvalue weighted by Crippen LogP contribution is -2.39. The molecule has 26 heavy (non-hydrogen) atoms. The van der Waals surface area contributed by atoms with E-state index >= 15 is 0 Å². The summed E-state index contributed by atoms with van der Waals surface area (Å²) in [6.45, 7) is 0. The van der Waals surface area contributed by atoms with E-state index in [-0.39, 0.29) is 5.96 Å². The van der Waals surface area contributed by atoms with Crippen molar-refractivity contribution in [2.45, 2.75) is 12.7 Å². The fraction of sp³-hybridized carbons (Fsp3) is 0.273. The Morgan fingerprint density at radius 3 is 2.15 bits per heavy atom. The first kappa shape index (κ1) is 21.8. The lowest BCUT2D eigenvalue weighted by molar-refractivity contribution is -0.287. The Bertz CT molecular complexity index is 723. The Balaban J connectivity index is 3.36. The van der Waals surface area contributed by atoms with Crippen LogP contribution < -0.4 is 25.8 Å². The monoisotopic (exact) mass is 428 g/mol. The molecule has 1 rings (SSSR count). The Kier molecular flexibility index (Phi) is 6.65. The van der Waals surface area contributed by atoms with Crippen molar-refractivity contribution in [1.29, 1.82) is 0 Å². The molecule has 0 unspecified atom stereocenters. The van der Waals surface area contributed by atoms with Gasteiger partial charge in [-0.15, -0.1) is 26.3 Å². The Labute approximate surface area is 151 Å². The Hall–Kier alpha value is -2.28. The molecule has 0 saturated heterocycles. The molecule has 0 radical (unpaired) electrons. The van der Waals surface area contributed by atoms with Crippen molar-refractivity contribution in [1.82, 2.24) is 5.32 Å². The summed E-state index contributed by atoms with van der Waals surface area (Å²) < 4.78 is 81.3. The quantitative estimate of drug-likeness (QED) is 0.386. The predicted molar refractivity (Wildman–Crippen MR) is 79.5 cm³/mol. The minimum absolute atomic E-state index is 0.328. The van der Waals surface area contributed by atoms with Gasteiger partial charge < -0.3 is 20.5 Å². The zero-order chi connectivity index (χ0) is 20.3. The number of urea groups is 1. The number of hydrogen-bond donors (Lipinski definition) is 3. The van der Waals surface area contributed by atoms with E-state index in [1.165, 1.54) is 7.05 Å². The van der Waals surface area contributed by atoms with E-state index in [0.717, 1.165) is 0 Å². The van der Waals surface area contributed by atoms with Gasteiger partial charge in [-0.3, -0.25) is 10.3 Å². The van der Waals surface area contributed by atoms with Gasteiger partial charge in [-0.2, -0.15) is 0 Å². The molecular formula is C11H8Cl2F6N4O3. The van der Waals surface area contributed by atoms with Gasteiger partial charge in [0.25, 0.3) is 0 Å². The number of nitrogens with zero attached hydrogens (tertiary/aromatic N) is 1. The number of nitrogens with two attached hydrogens (primary N) is 1. The second-order valence-corrected chi connectivity index (χ2v) is 4.94. The summed E-state index contributed by atoms with van der Waals surface area (Å²) in [5.41, 5.74) is 4.51. The number of aliphatic imine (C=N–C) groups is 1. The summed E-state index contributed by atoms with van der Waals surface area (Å²) >= 11 is 11.3. The van der Waals surface area contributed by atoms with Crippen molar-refractivity contribution < 1.29 is 40.6 Å². The number of benzene rings is 1. The summed E-state index contributed by atoms with van der Waals surface area (Å²) in [6, 6.07) is -0.811. The van der Waals surface area contributed by atoms with E-state index in [0.29, 0.717) is 6.07 Å². The van der Waals surface area contributed by atoms with E-state index in [2.05, 4.69) is 14.5 Å². The number of ether oxygens (including phenoxy) is 2. The van der Waals surface area contributed by atoms with Crippen LogP contribution in [0.3, 0.4) is 0 Å². The van der Waals surface area contributed by atoms with E-state index in [1.54, 1.807) is 0 Å². The van der Waals surface area contributed by atoms with Gasteiger partial charge in [0.15, 0.2) is 17.5 Å². The molecular weight excluding hydrogens is 421 g/mol. The molecule has 0 heterocycles. The highest BCUT2D eigenvalue weighted by atomic mass is 35.5. The summed E-state index contributed by atoms with van der Waals surface area (Å²) in [7, 11) is 1.22. The molecule has 0 aliphatic carbocycles. The third kappa shape index (κ3) is 6.55. The number of rotatable bonds is 3. The lowest BCUT2D eigenvalue weighted by Gasteiger charge is -2.19. The number of anilines is 1. The molecule has 146 valence electrons. The van der Waals surface area contributed by atoms with E-state index in [9.17, 15) is 31.1 Å². The zero-order valence-electron chi connectivity index (χ0n) is 12.4. The van der Waals surface area contributed by atoms with Crippen molar-refractivity contribution in [3.8, 4) is 11.5 Å². The number of amides is 2. The molecule has 0 aromatic heterocycles. The van der Waals surface area contributed by atoms with Gasteiger partial charge in [0, 0.05) is 13.1 Å². The number of nitrogens with one attached hydrogen (secondary N) is 2. The standard InChI is InChI=1S/C11H8Cl2F6N4O3/c1-21-8(20)23-9(24)22-6-3(12)2-4(25-10(14,15)16)7(5(6)13)26-11(17,18)19/h2H,1H3,(H4,20,21,22,23,24). The Morgan fingerprint density at radius 1 is 1.15 bits per heavy atom. The first-order chi connectivity index (χ1) is 11.7. The average Bonchev–Trinajstić information content (AvgIpc) is 2.45. The van der Waals surface area contributed by atoms with Crippen LogP contribution in [0.15, 0.2) is 11.1 Å². The van der Waals surface area contributed by atoms with Gasteiger partial charge in [-0.05, 0) is 0 Å². The minimum atomic E-state index is -5.42. The first-order valence-corrected chi connectivity index (χ1v) is 6.83. The molecule has 2 amide bonds.